The number of fused-ring (bicyclic) bond motifs is 1. The molecule has 4 rings (SSSR count). The van der Waals surface area contributed by atoms with Crippen LogP contribution in [0.2, 0.25) is 0 Å². The van der Waals surface area contributed by atoms with Gasteiger partial charge in [0.2, 0.25) is 5.78 Å². The first-order chi connectivity index (χ1) is 12.0. The molecule has 0 spiro atoms. The molecule has 3 aliphatic rings. The number of piperidine rings is 1. The first-order valence-electron chi connectivity index (χ1n) is 9.52. The molecule has 5 nitrogen and oxygen atoms in total. The van der Waals surface area contributed by atoms with E-state index in [-0.39, 0.29) is 22.5 Å². The molecule has 4 atom stereocenters. The summed E-state index contributed by atoms with van der Waals surface area (Å²) in [6.07, 6.45) is 6.05. The van der Waals surface area contributed by atoms with E-state index in [0.717, 1.165) is 50.8 Å². The van der Waals surface area contributed by atoms with E-state index >= 15 is 0 Å². The van der Waals surface area contributed by atoms with Crippen LogP contribution in [-0.2, 0) is 4.79 Å². The normalized spacial score (nSPS) is 38.7. The largest absolute Gasteiger partial charge is 0.291 e. The van der Waals surface area contributed by atoms with Crippen molar-refractivity contribution in [2.45, 2.75) is 62.4 Å². The van der Waals surface area contributed by atoms with Gasteiger partial charge in [-0.15, -0.1) is 0 Å². The van der Waals surface area contributed by atoms with Crippen LogP contribution in [-0.4, -0.2) is 39.8 Å². The average molecular weight is 342 g/mol. The van der Waals surface area contributed by atoms with Gasteiger partial charge in [-0.1, -0.05) is 43.2 Å². The van der Waals surface area contributed by atoms with Crippen LogP contribution < -0.4 is 0 Å². The molecule has 0 N–H and O–H groups in total. The van der Waals surface area contributed by atoms with Gasteiger partial charge in [-0.2, -0.15) is 0 Å². The maximum absolute atomic E-state index is 13.7. The zero-order valence-electron chi connectivity index (χ0n) is 14.8. The summed E-state index contributed by atoms with van der Waals surface area (Å²) in [5.41, 5.74) is -1.20. The lowest BCUT2D eigenvalue weighted by atomic mass is 9.77. The second-order valence-corrected chi connectivity index (χ2v) is 8.09. The van der Waals surface area contributed by atoms with Gasteiger partial charge in [-0.3, -0.25) is 19.8 Å². The van der Waals surface area contributed by atoms with Crippen LogP contribution in [0, 0.1) is 16.0 Å². The summed E-state index contributed by atoms with van der Waals surface area (Å²) in [5.74, 6) is -0.417. The minimum Gasteiger partial charge on any atom is -0.291 e. The third kappa shape index (κ3) is 2.14. The van der Waals surface area contributed by atoms with Crippen LogP contribution in [0.4, 0.5) is 0 Å². The van der Waals surface area contributed by atoms with Crippen molar-refractivity contribution in [1.82, 2.24) is 4.90 Å². The lowest BCUT2D eigenvalue weighted by Gasteiger charge is -2.42. The first kappa shape index (κ1) is 16.7. The molecule has 0 unspecified atom stereocenters. The Morgan fingerprint density at radius 1 is 1.12 bits per heavy atom. The molecule has 2 saturated carbocycles. The van der Waals surface area contributed by atoms with Crippen molar-refractivity contribution in [3.8, 4) is 0 Å². The van der Waals surface area contributed by atoms with Crippen molar-refractivity contribution >= 4 is 5.78 Å². The van der Waals surface area contributed by atoms with Crippen LogP contribution in [0.15, 0.2) is 30.3 Å². The molecule has 1 aromatic carbocycles. The molecule has 25 heavy (non-hydrogen) atoms. The molecule has 5 heteroatoms. The number of carbonyl (C=O) groups is 1. The molecule has 2 aliphatic carbocycles. The van der Waals surface area contributed by atoms with Crippen molar-refractivity contribution < 1.29 is 9.72 Å². The third-order valence-corrected chi connectivity index (χ3v) is 7.01. The van der Waals surface area contributed by atoms with E-state index in [2.05, 4.69) is 4.90 Å². The number of carbonyl (C=O) groups excluding carboxylic acids is 1. The van der Waals surface area contributed by atoms with E-state index in [1.54, 1.807) is 6.92 Å². The molecule has 1 saturated heterocycles. The van der Waals surface area contributed by atoms with Crippen LogP contribution in [0.3, 0.4) is 0 Å². The number of hydrogen-bond donors (Lipinski definition) is 0. The van der Waals surface area contributed by atoms with Gasteiger partial charge in [0.1, 0.15) is 0 Å². The number of nitrogens with zero attached hydrogens (tertiary/aromatic N) is 2. The monoisotopic (exact) mass is 342 g/mol. The maximum Gasteiger partial charge on any atom is 0.285 e. The highest BCUT2D eigenvalue weighted by Crippen LogP contribution is 2.60. The molecular weight excluding hydrogens is 316 g/mol. The van der Waals surface area contributed by atoms with Gasteiger partial charge in [0.15, 0.2) is 0 Å². The summed E-state index contributed by atoms with van der Waals surface area (Å²) in [4.78, 5) is 27.8. The molecule has 1 aliphatic heterocycles. The summed E-state index contributed by atoms with van der Waals surface area (Å²) in [6.45, 7) is 3.38. The molecule has 0 aromatic heterocycles. The maximum atomic E-state index is 13.7. The Labute approximate surface area is 148 Å². The molecular formula is C20H26N2O3. The van der Waals surface area contributed by atoms with Crippen LogP contribution in [0.5, 0.6) is 0 Å². The third-order valence-electron chi connectivity index (χ3n) is 7.01. The Balaban J connectivity index is 1.86. The van der Waals surface area contributed by atoms with Crippen LogP contribution in [0.1, 0.15) is 56.9 Å². The Kier molecular flexibility index (Phi) is 3.95. The number of hydrogen-bond acceptors (Lipinski definition) is 4. The van der Waals surface area contributed by atoms with Gasteiger partial charge in [-0.05, 0) is 50.3 Å². The number of benzene rings is 1. The highest BCUT2D eigenvalue weighted by Gasteiger charge is 2.75. The van der Waals surface area contributed by atoms with Gasteiger partial charge in [0.25, 0.3) is 5.54 Å². The van der Waals surface area contributed by atoms with Crippen LogP contribution in [0.25, 0.3) is 0 Å². The summed E-state index contributed by atoms with van der Waals surface area (Å²) in [5, 5.41) is 12.1. The number of likely N-dealkylation sites (tertiary alicyclic amines) is 1. The Bertz CT molecular complexity index is 685. The van der Waals surface area contributed by atoms with E-state index in [1.165, 1.54) is 6.42 Å². The standard InChI is InChI=1S/C20H26N2O3/c1-19(22(24)25)17(15-9-4-2-5-10-15)16-11-8-12-20(16,18(19)23)21-13-6-3-7-14-21/h2,4-5,9-10,16-17H,3,6-8,11-14H2,1H3/t16-,17+,19-,20+/m0/s1. The molecule has 0 bridgehead atoms. The number of nitro groups is 1. The number of Topliss-reactive ketones (excluding diaryl/α,β-unsaturated/α-hetero) is 1. The lowest BCUT2D eigenvalue weighted by molar-refractivity contribution is -0.550. The van der Waals surface area contributed by atoms with Gasteiger partial charge in [-0.25, -0.2) is 0 Å². The summed E-state index contributed by atoms with van der Waals surface area (Å²) in [6, 6.07) is 9.71. The quantitative estimate of drug-likeness (QED) is 0.624. The zero-order chi connectivity index (χ0) is 17.7. The van der Waals surface area contributed by atoms with E-state index in [0.29, 0.717) is 0 Å². The predicted octanol–water partition coefficient (Wildman–Crippen LogP) is 3.41. The minimum atomic E-state index is -1.52. The first-order valence-corrected chi connectivity index (χ1v) is 9.52. The Morgan fingerprint density at radius 3 is 2.44 bits per heavy atom. The summed E-state index contributed by atoms with van der Waals surface area (Å²) in [7, 11) is 0. The number of rotatable bonds is 3. The second kappa shape index (κ2) is 5.90. The van der Waals surface area contributed by atoms with Crippen molar-refractivity contribution in [2.75, 3.05) is 13.1 Å². The highest BCUT2D eigenvalue weighted by molar-refractivity contribution is 6.00. The van der Waals surface area contributed by atoms with Crippen molar-refractivity contribution in [3.05, 3.63) is 46.0 Å². The van der Waals surface area contributed by atoms with Crippen molar-refractivity contribution in [2.24, 2.45) is 5.92 Å². The van der Waals surface area contributed by atoms with E-state index < -0.39 is 11.1 Å². The van der Waals surface area contributed by atoms with E-state index in [9.17, 15) is 14.9 Å². The Hall–Kier alpha value is -1.75. The molecule has 0 radical (unpaired) electrons. The average Bonchev–Trinajstić information content (AvgIpc) is 3.14. The second-order valence-electron chi connectivity index (χ2n) is 8.09. The van der Waals surface area contributed by atoms with Gasteiger partial charge < -0.3 is 0 Å². The molecule has 1 heterocycles. The fourth-order valence-corrected chi connectivity index (χ4v) is 5.95. The molecule has 1 aromatic rings. The Morgan fingerprint density at radius 2 is 1.80 bits per heavy atom. The fraction of sp³-hybridized carbons (Fsp3) is 0.650. The van der Waals surface area contributed by atoms with Gasteiger partial charge in [0, 0.05) is 11.8 Å². The predicted molar refractivity (Wildman–Crippen MR) is 95.1 cm³/mol. The van der Waals surface area contributed by atoms with Gasteiger partial charge >= 0.3 is 0 Å². The van der Waals surface area contributed by atoms with Crippen LogP contribution >= 0.6 is 0 Å². The summed E-state index contributed by atoms with van der Waals surface area (Å²) >= 11 is 0. The van der Waals surface area contributed by atoms with Crippen molar-refractivity contribution in [1.29, 1.82) is 0 Å². The van der Waals surface area contributed by atoms with E-state index in [4.69, 9.17) is 0 Å². The zero-order valence-corrected chi connectivity index (χ0v) is 14.8. The lowest BCUT2D eigenvalue weighted by Crippen LogP contribution is -2.59. The van der Waals surface area contributed by atoms with Gasteiger partial charge in [0.05, 0.1) is 11.5 Å². The minimum absolute atomic E-state index is 0.0518. The molecule has 134 valence electrons. The number of ketones is 1. The topological polar surface area (TPSA) is 63.5 Å². The summed E-state index contributed by atoms with van der Waals surface area (Å²) < 4.78 is 0. The van der Waals surface area contributed by atoms with E-state index in [1.807, 2.05) is 30.3 Å². The smallest absolute Gasteiger partial charge is 0.285 e. The van der Waals surface area contributed by atoms with Crippen molar-refractivity contribution in [3.63, 3.8) is 0 Å². The fourth-order valence-electron chi connectivity index (χ4n) is 5.95. The molecule has 3 fully saturated rings. The highest BCUT2D eigenvalue weighted by atomic mass is 16.6. The SMILES string of the molecule is C[C@@]1([N+](=O)[O-])C(=O)[C@@]2(N3CCCCC3)CCC[C@H]2[C@H]1c1ccccc1. The molecule has 0 amide bonds.